The predicted octanol–water partition coefficient (Wildman–Crippen LogP) is 7.12. The maximum atomic E-state index is 14.5. The maximum Gasteiger partial charge on any atom is 0.458 e. The molecule has 0 bridgehead atoms. The highest BCUT2D eigenvalue weighted by molar-refractivity contribution is 5.86. The Morgan fingerprint density at radius 1 is 0.909 bits per heavy atom. The van der Waals surface area contributed by atoms with Crippen LogP contribution in [0.1, 0.15) is 60.9 Å². The van der Waals surface area contributed by atoms with Gasteiger partial charge in [-0.25, -0.2) is 13.8 Å². The zero-order chi connectivity index (χ0) is 23.6. The standard InChI is InChI=1S/C27H20F5N/c1-17-2-6-19(7-3-17)20-8-10-22(33-16-20)9-4-18-5-11-23-21(14-18)15-25(28)24(26(23)29)12-13-27(30,31)32/h5,8,10-11,14-17,19H,2-3,6-7H2,1H3. The first-order valence-electron chi connectivity index (χ1n) is 10.7. The lowest BCUT2D eigenvalue weighted by Gasteiger charge is -2.26. The molecule has 1 saturated carbocycles. The summed E-state index contributed by atoms with van der Waals surface area (Å²) in [5.41, 5.74) is 1.39. The zero-order valence-corrected chi connectivity index (χ0v) is 17.9. The van der Waals surface area contributed by atoms with E-state index in [-0.39, 0.29) is 10.8 Å². The van der Waals surface area contributed by atoms with Crippen molar-refractivity contribution in [2.75, 3.05) is 0 Å². The number of rotatable bonds is 1. The molecule has 4 rings (SSSR count). The zero-order valence-electron chi connectivity index (χ0n) is 17.9. The number of nitrogens with zero attached hydrogens (tertiary/aromatic N) is 1. The molecular weight excluding hydrogens is 433 g/mol. The summed E-state index contributed by atoms with van der Waals surface area (Å²) < 4.78 is 65.6. The number of fused-ring (bicyclic) bond motifs is 1. The molecule has 168 valence electrons. The second-order valence-electron chi connectivity index (χ2n) is 8.41. The van der Waals surface area contributed by atoms with Gasteiger partial charge in [0.05, 0.1) is 5.56 Å². The van der Waals surface area contributed by atoms with Crippen LogP contribution in [0.25, 0.3) is 10.8 Å². The van der Waals surface area contributed by atoms with Crippen LogP contribution >= 0.6 is 0 Å². The first kappa shape index (κ1) is 22.8. The van der Waals surface area contributed by atoms with Crippen molar-refractivity contribution in [3.8, 4) is 23.7 Å². The Morgan fingerprint density at radius 2 is 1.67 bits per heavy atom. The topological polar surface area (TPSA) is 12.9 Å². The average Bonchev–Trinajstić information content (AvgIpc) is 2.77. The van der Waals surface area contributed by atoms with Gasteiger partial charge in [-0.2, -0.15) is 13.2 Å². The van der Waals surface area contributed by atoms with E-state index >= 15 is 0 Å². The van der Waals surface area contributed by atoms with E-state index in [0.29, 0.717) is 17.2 Å². The summed E-state index contributed by atoms with van der Waals surface area (Å²) >= 11 is 0. The van der Waals surface area contributed by atoms with Crippen molar-refractivity contribution in [2.24, 2.45) is 5.92 Å². The number of halogens is 5. The summed E-state index contributed by atoms with van der Waals surface area (Å²) in [5.74, 6) is 7.34. The molecule has 0 aliphatic heterocycles. The molecule has 0 N–H and O–H groups in total. The van der Waals surface area contributed by atoms with Gasteiger partial charge in [-0.05, 0) is 65.8 Å². The summed E-state index contributed by atoms with van der Waals surface area (Å²) in [5, 5.41) is 0.155. The first-order chi connectivity index (χ1) is 15.7. The van der Waals surface area contributed by atoms with Gasteiger partial charge in [0.2, 0.25) is 0 Å². The van der Waals surface area contributed by atoms with Crippen molar-refractivity contribution in [3.05, 3.63) is 76.6 Å². The smallest absolute Gasteiger partial charge is 0.247 e. The van der Waals surface area contributed by atoms with Crippen molar-refractivity contribution >= 4 is 10.8 Å². The fourth-order valence-electron chi connectivity index (χ4n) is 4.11. The second kappa shape index (κ2) is 9.24. The van der Waals surface area contributed by atoms with E-state index in [1.807, 2.05) is 18.3 Å². The molecule has 6 heteroatoms. The molecule has 0 spiro atoms. The Labute approximate surface area is 189 Å². The lowest BCUT2D eigenvalue weighted by molar-refractivity contribution is -0.0696. The fourth-order valence-corrected chi connectivity index (χ4v) is 4.11. The Balaban J connectivity index is 1.56. The molecule has 0 radical (unpaired) electrons. The van der Waals surface area contributed by atoms with Crippen LogP contribution in [0.4, 0.5) is 22.0 Å². The van der Waals surface area contributed by atoms with Gasteiger partial charge in [0, 0.05) is 23.1 Å². The van der Waals surface area contributed by atoms with Crippen molar-refractivity contribution < 1.29 is 22.0 Å². The third-order valence-electron chi connectivity index (χ3n) is 5.97. The van der Waals surface area contributed by atoms with E-state index < -0.39 is 23.4 Å². The lowest BCUT2D eigenvalue weighted by atomic mass is 9.80. The van der Waals surface area contributed by atoms with Crippen LogP contribution < -0.4 is 0 Å². The molecule has 0 saturated heterocycles. The summed E-state index contributed by atoms with van der Waals surface area (Å²) in [7, 11) is 0. The quantitative estimate of drug-likeness (QED) is 0.282. The minimum atomic E-state index is -4.84. The molecule has 33 heavy (non-hydrogen) atoms. The monoisotopic (exact) mass is 453 g/mol. The minimum Gasteiger partial charge on any atom is -0.247 e. The van der Waals surface area contributed by atoms with Crippen LogP contribution in [0, 0.1) is 41.2 Å². The van der Waals surface area contributed by atoms with E-state index in [4.69, 9.17) is 0 Å². The average molecular weight is 453 g/mol. The van der Waals surface area contributed by atoms with E-state index in [1.54, 1.807) is 5.92 Å². The highest BCUT2D eigenvalue weighted by atomic mass is 19.4. The Hall–Kier alpha value is -3.38. The highest BCUT2D eigenvalue weighted by Crippen LogP contribution is 2.35. The second-order valence-corrected chi connectivity index (χ2v) is 8.41. The highest BCUT2D eigenvalue weighted by Gasteiger charge is 2.24. The van der Waals surface area contributed by atoms with Crippen molar-refractivity contribution in [3.63, 3.8) is 0 Å². The summed E-state index contributed by atoms with van der Waals surface area (Å²) in [6, 6.07) is 9.23. The van der Waals surface area contributed by atoms with Gasteiger partial charge >= 0.3 is 6.18 Å². The number of aromatic nitrogens is 1. The molecule has 1 aliphatic rings. The molecule has 1 fully saturated rings. The number of hydrogen-bond acceptors (Lipinski definition) is 1. The molecule has 0 amide bonds. The van der Waals surface area contributed by atoms with Crippen LogP contribution in [0.5, 0.6) is 0 Å². The molecule has 1 heterocycles. The van der Waals surface area contributed by atoms with E-state index in [9.17, 15) is 22.0 Å². The van der Waals surface area contributed by atoms with Gasteiger partial charge in [0.15, 0.2) is 0 Å². The van der Waals surface area contributed by atoms with Gasteiger partial charge in [-0.3, -0.25) is 0 Å². The van der Waals surface area contributed by atoms with E-state index in [2.05, 4.69) is 23.7 Å². The van der Waals surface area contributed by atoms with Crippen molar-refractivity contribution in [1.29, 1.82) is 0 Å². The fraction of sp³-hybridized carbons (Fsp3) is 0.296. The minimum absolute atomic E-state index is 0.0299. The Kier molecular flexibility index (Phi) is 6.38. The van der Waals surface area contributed by atoms with Crippen LogP contribution in [0.15, 0.2) is 42.6 Å². The number of hydrogen-bond donors (Lipinski definition) is 0. The Morgan fingerprint density at radius 3 is 2.33 bits per heavy atom. The normalized spacial score (nSPS) is 18.2. The number of alkyl halides is 3. The lowest BCUT2D eigenvalue weighted by Crippen LogP contribution is -2.11. The van der Waals surface area contributed by atoms with Gasteiger partial charge in [-0.1, -0.05) is 43.7 Å². The maximum absolute atomic E-state index is 14.5. The largest absolute Gasteiger partial charge is 0.458 e. The third-order valence-corrected chi connectivity index (χ3v) is 5.97. The SMILES string of the molecule is CC1CCC(c2ccc(C#Cc3ccc4c(F)c(C#CC(F)(F)F)c(F)cc4c3)nc2)CC1. The molecule has 1 aliphatic carbocycles. The molecule has 1 aromatic heterocycles. The summed E-state index contributed by atoms with van der Waals surface area (Å²) in [6.45, 7) is 2.28. The van der Waals surface area contributed by atoms with Gasteiger partial charge < -0.3 is 0 Å². The molecule has 1 nitrogen and oxygen atoms in total. The first-order valence-corrected chi connectivity index (χ1v) is 10.7. The van der Waals surface area contributed by atoms with Crippen LogP contribution in [0.3, 0.4) is 0 Å². The molecular formula is C27H20F5N. The van der Waals surface area contributed by atoms with Crippen LogP contribution in [0.2, 0.25) is 0 Å². The van der Waals surface area contributed by atoms with Crippen LogP contribution in [-0.4, -0.2) is 11.2 Å². The molecule has 0 unspecified atom stereocenters. The molecule has 0 atom stereocenters. The van der Waals surface area contributed by atoms with Gasteiger partial charge in [-0.15, -0.1) is 0 Å². The number of pyridine rings is 1. The summed E-state index contributed by atoms with van der Waals surface area (Å²) in [4.78, 5) is 4.43. The molecule has 2 aromatic carbocycles. The van der Waals surface area contributed by atoms with Crippen LogP contribution in [-0.2, 0) is 0 Å². The van der Waals surface area contributed by atoms with Gasteiger partial charge in [0.1, 0.15) is 17.3 Å². The van der Waals surface area contributed by atoms with E-state index in [1.165, 1.54) is 49.4 Å². The summed E-state index contributed by atoms with van der Waals surface area (Å²) in [6.07, 6.45) is 1.81. The predicted molar refractivity (Wildman–Crippen MR) is 117 cm³/mol. The number of benzene rings is 2. The van der Waals surface area contributed by atoms with Gasteiger partial charge in [0.25, 0.3) is 0 Å². The van der Waals surface area contributed by atoms with Crippen molar-refractivity contribution in [2.45, 2.75) is 44.7 Å². The third kappa shape index (κ3) is 5.52. The van der Waals surface area contributed by atoms with Crippen molar-refractivity contribution in [1.82, 2.24) is 4.98 Å². The Bertz CT molecular complexity index is 1290. The van der Waals surface area contributed by atoms with E-state index in [0.717, 1.165) is 17.9 Å². The molecule has 3 aromatic rings.